The third-order valence-electron chi connectivity index (χ3n) is 3.17. The monoisotopic (exact) mass is 290 g/mol. The van der Waals surface area contributed by atoms with E-state index in [1.807, 2.05) is 37.3 Å². The highest BCUT2D eigenvalue weighted by molar-refractivity contribution is 7.17. The lowest BCUT2D eigenvalue weighted by molar-refractivity contribution is -0.380. The number of benzene rings is 1. The topological polar surface area (TPSA) is 63.5 Å². The molecule has 2 rings (SSSR count). The van der Waals surface area contributed by atoms with E-state index in [4.69, 9.17) is 0 Å². The van der Waals surface area contributed by atoms with E-state index in [9.17, 15) is 14.9 Å². The Bertz CT molecular complexity index is 624. The van der Waals surface area contributed by atoms with Crippen LogP contribution in [0, 0.1) is 10.1 Å². The third kappa shape index (κ3) is 2.85. The normalized spacial score (nSPS) is 11.9. The fraction of sp³-hybridized carbons (Fsp3) is 0.214. The molecule has 1 amide bonds. The summed E-state index contributed by atoms with van der Waals surface area (Å²) in [6.07, 6.45) is 0. The molecule has 0 aliphatic carbocycles. The van der Waals surface area contributed by atoms with Gasteiger partial charge in [0.05, 0.1) is 15.8 Å². The second-order valence-electron chi connectivity index (χ2n) is 4.40. The first-order chi connectivity index (χ1) is 9.50. The SMILES string of the molecule is C[C@@H](c1ccccc1)N(C)C(=O)c1ccc([N+](=O)[O-])s1. The molecule has 0 aliphatic rings. The molecule has 1 heterocycles. The number of amides is 1. The van der Waals surface area contributed by atoms with Gasteiger partial charge in [0.1, 0.15) is 0 Å². The summed E-state index contributed by atoms with van der Waals surface area (Å²) >= 11 is 0.900. The maximum absolute atomic E-state index is 12.3. The van der Waals surface area contributed by atoms with Gasteiger partial charge in [0.15, 0.2) is 0 Å². The van der Waals surface area contributed by atoms with Gasteiger partial charge in [0, 0.05) is 13.1 Å². The van der Waals surface area contributed by atoms with E-state index in [1.54, 1.807) is 11.9 Å². The highest BCUT2D eigenvalue weighted by atomic mass is 32.1. The predicted molar refractivity (Wildman–Crippen MR) is 77.9 cm³/mol. The molecule has 0 bridgehead atoms. The van der Waals surface area contributed by atoms with E-state index in [1.165, 1.54) is 12.1 Å². The molecule has 0 spiro atoms. The molecule has 1 atom stereocenters. The van der Waals surface area contributed by atoms with Crippen molar-refractivity contribution in [2.24, 2.45) is 0 Å². The van der Waals surface area contributed by atoms with E-state index >= 15 is 0 Å². The fourth-order valence-corrected chi connectivity index (χ4v) is 2.65. The average molecular weight is 290 g/mol. The molecule has 1 aromatic heterocycles. The van der Waals surface area contributed by atoms with Crippen LogP contribution in [-0.2, 0) is 0 Å². The van der Waals surface area contributed by atoms with Crippen molar-refractivity contribution < 1.29 is 9.72 Å². The minimum Gasteiger partial charge on any atom is -0.334 e. The largest absolute Gasteiger partial charge is 0.334 e. The molecular weight excluding hydrogens is 276 g/mol. The van der Waals surface area contributed by atoms with Gasteiger partial charge < -0.3 is 4.90 Å². The lowest BCUT2D eigenvalue weighted by atomic mass is 10.1. The minimum absolute atomic E-state index is 0.0193. The average Bonchev–Trinajstić information content (AvgIpc) is 2.96. The summed E-state index contributed by atoms with van der Waals surface area (Å²) in [5.74, 6) is -0.209. The minimum atomic E-state index is -0.484. The first-order valence-corrected chi connectivity index (χ1v) is 6.88. The number of hydrogen-bond donors (Lipinski definition) is 0. The number of carbonyl (C=O) groups excluding carboxylic acids is 1. The maximum Gasteiger partial charge on any atom is 0.324 e. The Morgan fingerprint density at radius 1 is 1.25 bits per heavy atom. The zero-order chi connectivity index (χ0) is 14.7. The first-order valence-electron chi connectivity index (χ1n) is 6.07. The number of rotatable bonds is 4. The molecule has 6 heteroatoms. The summed E-state index contributed by atoms with van der Waals surface area (Å²) in [6, 6.07) is 12.4. The van der Waals surface area contributed by atoms with Gasteiger partial charge in [-0.1, -0.05) is 41.7 Å². The van der Waals surface area contributed by atoms with Crippen LogP contribution in [0.5, 0.6) is 0 Å². The van der Waals surface area contributed by atoms with Crippen LogP contribution in [0.25, 0.3) is 0 Å². The number of thiophene rings is 1. The van der Waals surface area contributed by atoms with Gasteiger partial charge in [0.25, 0.3) is 5.91 Å². The summed E-state index contributed by atoms with van der Waals surface area (Å²) in [5.41, 5.74) is 1.02. The number of carbonyl (C=O) groups is 1. The lowest BCUT2D eigenvalue weighted by Gasteiger charge is -2.24. The Morgan fingerprint density at radius 3 is 2.45 bits per heavy atom. The summed E-state index contributed by atoms with van der Waals surface area (Å²) < 4.78 is 0. The van der Waals surface area contributed by atoms with Crippen LogP contribution in [0.4, 0.5) is 5.00 Å². The van der Waals surface area contributed by atoms with Crippen LogP contribution < -0.4 is 0 Å². The van der Waals surface area contributed by atoms with Crippen molar-refractivity contribution in [2.75, 3.05) is 7.05 Å². The summed E-state index contributed by atoms with van der Waals surface area (Å²) in [7, 11) is 1.70. The summed E-state index contributed by atoms with van der Waals surface area (Å²) in [6.45, 7) is 1.93. The van der Waals surface area contributed by atoms with E-state index < -0.39 is 4.92 Å². The van der Waals surface area contributed by atoms with Crippen LogP contribution in [0.3, 0.4) is 0 Å². The molecule has 2 aromatic rings. The molecule has 5 nitrogen and oxygen atoms in total. The fourth-order valence-electron chi connectivity index (χ4n) is 1.85. The number of nitro groups is 1. The Hall–Kier alpha value is -2.21. The second kappa shape index (κ2) is 5.83. The second-order valence-corrected chi connectivity index (χ2v) is 5.46. The Labute approximate surface area is 120 Å². The predicted octanol–water partition coefficient (Wildman–Crippen LogP) is 3.49. The third-order valence-corrected chi connectivity index (χ3v) is 4.19. The van der Waals surface area contributed by atoms with Gasteiger partial charge in [-0.05, 0) is 18.6 Å². The van der Waals surface area contributed by atoms with Crippen LogP contribution in [-0.4, -0.2) is 22.8 Å². The molecule has 104 valence electrons. The van der Waals surface area contributed by atoms with Gasteiger partial charge >= 0.3 is 5.00 Å². The van der Waals surface area contributed by atoms with E-state index in [-0.39, 0.29) is 17.0 Å². The molecular formula is C14H14N2O3S. The van der Waals surface area contributed by atoms with Gasteiger partial charge in [-0.15, -0.1) is 0 Å². The van der Waals surface area contributed by atoms with Crippen LogP contribution in [0.1, 0.15) is 28.2 Å². The number of nitrogens with zero attached hydrogens (tertiary/aromatic N) is 2. The van der Waals surface area contributed by atoms with E-state index in [0.29, 0.717) is 4.88 Å². The smallest absolute Gasteiger partial charge is 0.324 e. The van der Waals surface area contributed by atoms with Crippen molar-refractivity contribution in [1.82, 2.24) is 4.90 Å². The van der Waals surface area contributed by atoms with Crippen molar-refractivity contribution in [2.45, 2.75) is 13.0 Å². The van der Waals surface area contributed by atoms with Crippen molar-refractivity contribution in [3.63, 3.8) is 0 Å². The first kappa shape index (κ1) is 14.2. The molecule has 0 saturated carbocycles. The Kier molecular flexibility index (Phi) is 4.14. The van der Waals surface area contributed by atoms with E-state index in [0.717, 1.165) is 16.9 Å². The summed E-state index contributed by atoms with van der Waals surface area (Å²) in [5, 5.41) is 10.6. The van der Waals surface area contributed by atoms with Crippen molar-refractivity contribution in [3.05, 3.63) is 63.0 Å². The molecule has 0 fully saturated rings. The van der Waals surface area contributed by atoms with Crippen molar-refractivity contribution >= 4 is 22.2 Å². The quantitative estimate of drug-likeness (QED) is 0.639. The highest BCUT2D eigenvalue weighted by Gasteiger charge is 2.22. The van der Waals surface area contributed by atoms with Gasteiger partial charge in [-0.25, -0.2) is 0 Å². The molecule has 0 saturated heterocycles. The van der Waals surface area contributed by atoms with Crippen molar-refractivity contribution in [3.8, 4) is 0 Å². The molecule has 0 radical (unpaired) electrons. The zero-order valence-electron chi connectivity index (χ0n) is 11.1. The van der Waals surface area contributed by atoms with Gasteiger partial charge in [0.2, 0.25) is 0 Å². The van der Waals surface area contributed by atoms with Crippen LogP contribution in [0.15, 0.2) is 42.5 Å². The van der Waals surface area contributed by atoms with Crippen LogP contribution >= 0.6 is 11.3 Å². The molecule has 0 unspecified atom stereocenters. The lowest BCUT2D eigenvalue weighted by Crippen LogP contribution is -2.28. The molecule has 1 aromatic carbocycles. The summed E-state index contributed by atoms with van der Waals surface area (Å²) in [4.78, 5) is 24.4. The van der Waals surface area contributed by atoms with Gasteiger partial charge in [-0.3, -0.25) is 14.9 Å². The highest BCUT2D eigenvalue weighted by Crippen LogP contribution is 2.27. The molecule has 0 aliphatic heterocycles. The van der Waals surface area contributed by atoms with Crippen molar-refractivity contribution in [1.29, 1.82) is 0 Å². The standard InChI is InChI=1S/C14H14N2O3S/c1-10(11-6-4-3-5-7-11)15(2)14(17)12-8-9-13(20-12)16(18)19/h3-10H,1-2H3/t10-/m0/s1. The Balaban J connectivity index is 2.17. The van der Waals surface area contributed by atoms with Gasteiger partial charge in [-0.2, -0.15) is 0 Å². The number of hydrogen-bond acceptors (Lipinski definition) is 4. The maximum atomic E-state index is 12.3. The molecule has 20 heavy (non-hydrogen) atoms. The van der Waals surface area contributed by atoms with E-state index in [2.05, 4.69) is 0 Å². The van der Waals surface area contributed by atoms with Crippen LogP contribution in [0.2, 0.25) is 0 Å². The Morgan fingerprint density at radius 2 is 1.90 bits per heavy atom. The molecule has 0 N–H and O–H groups in total. The zero-order valence-corrected chi connectivity index (χ0v) is 12.0.